The average molecular weight is 1060 g/mol. The van der Waals surface area contributed by atoms with E-state index in [1.54, 1.807) is 0 Å². The van der Waals surface area contributed by atoms with E-state index in [4.69, 9.17) is 22.4 Å². The molecule has 1 fully saturated rings. The zero-order valence-electron chi connectivity index (χ0n) is 37.5. The van der Waals surface area contributed by atoms with Crippen LogP contribution < -0.4 is 15.4 Å². The Kier molecular flexibility index (Phi) is 18.0. The fourth-order valence-corrected chi connectivity index (χ4v) is 7.75. The molecule has 1 aliphatic carbocycles. The summed E-state index contributed by atoms with van der Waals surface area (Å²) in [4.78, 5) is 46.2. The number of anilines is 1. The van der Waals surface area contributed by atoms with E-state index in [-0.39, 0.29) is 32.4 Å². The van der Waals surface area contributed by atoms with Crippen LogP contribution in [0.5, 0.6) is 0 Å². The number of carbonyl (C=O) groups is 3. The van der Waals surface area contributed by atoms with Crippen molar-refractivity contribution in [2.75, 3.05) is 30.0 Å². The standard InChI is InChI=1S/C41H36ClF10N7O7S2.C2H6/c1-38(2,67(3)64)11-9-23-5-6-24(25-7-8-27(42)31-33(25)58(19-40(47,48)49)57-36(31)59(68(4)65)37(63)66-18-30(61)62)32(55-23)28(15-20-13-21(43)16-22(44)14-20)56-29(60)17-54-35-26(10-12-39(35,45)46)34(53)41(50,51)52;1-2/h5-8,13-14,16,28H,10,12,15,17-19,53H2,1-4H3,(H,56,60)(H,61,62);1-2H3/b34-26-,54-35?;. The number of aliphatic imine (C=N–C) groups is 1. The molecule has 5 rings (SSSR count). The predicted octanol–water partition coefficient (Wildman–Crippen LogP) is 8.49. The molecular formula is C43H42ClF10N7O7S2. The van der Waals surface area contributed by atoms with Crippen LogP contribution >= 0.6 is 11.6 Å². The van der Waals surface area contributed by atoms with Gasteiger partial charge in [0.15, 0.2) is 12.4 Å². The summed E-state index contributed by atoms with van der Waals surface area (Å²) in [5.74, 6) is -4.52. The van der Waals surface area contributed by atoms with Crippen LogP contribution in [0.15, 0.2) is 58.7 Å². The van der Waals surface area contributed by atoms with Crippen molar-refractivity contribution in [3.8, 4) is 23.0 Å². The van der Waals surface area contributed by atoms with Crippen molar-refractivity contribution in [1.82, 2.24) is 20.1 Å². The number of rotatable bonds is 13. The number of benzene rings is 2. The van der Waals surface area contributed by atoms with Crippen LogP contribution in [0, 0.1) is 23.5 Å². The van der Waals surface area contributed by atoms with Gasteiger partial charge in [-0.15, -0.1) is 0 Å². The number of aliphatic carboxylic acids is 1. The van der Waals surface area contributed by atoms with Crippen LogP contribution in [0.4, 0.5) is 54.5 Å². The highest BCUT2D eigenvalue weighted by Gasteiger charge is 2.48. The smallest absolute Gasteiger partial charge is 0.431 e. The maximum Gasteiger partial charge on any atom is 0.431 e. The quantitative estimate of drug-likeness (QED) is 0.0862. The molecule has 3 unspecified atom stereocenters. The Morgan fingerprint density at radius 1 is 1.03 bits per heavy atom. The lowest BCUT2D eigenvalue weighted by Crippen LogP contribution is -2.34. The molecule has 0 radical (unpaired) electrons. The van der Waals surface area contributed by atoms with E-state index in [0.29, 0.717) is 10.7 Å². The molecule has 27 heteroatoms. The van der Waals surface area contributed by atoms with E-state index in [9.17, 15) is 66.7 Å². The minimum Gasteiger partial charge on any atom is -0.479 e. The van der Waals surface area contributed by atoms with Crippen molar-refractivity contribution < 1.29 is 76.5 Å². The summed E-state index contributed by atoms with van der Waals surface area (Å²) in [6, 6.07) is 5.14. The highest BCUT2D eigenvalue weighted by atomic mass is 35.5. The first-order valence-electron chi connectivity index (χ1n) is 20.3. The molecule has 2 amide bonds. The molecular weight excluding hydrogens is 1020 g/mol. The SMILES string of the molecule is CC.CS(=O)N(C(=O)OCC(=O)O)c1nn(CC(F)(F)F)c2c(-c3ccc(C#CC(C)(C)S(C)=O)nc3C(Cc3cc(F)cc(F)c3)NC(=O)CN=C3/C(=C(\N)C(F)(F)F)CCC3(F)F)ccc(Cl)c12. The fraction of sp³-hybridized carbons (Fsp3) is 0.395. The van der Waals surface area contributed by atoms with Gasteiger partial charge in [-0.25, -0.2) is 27.6 Å². The Hall–Kier alpha value is -6.07. The zero-order valence-corrected chi connectivity index (χ0v) is 39.9. The second-order valence-electron chi connectivity index (χ2n) is 15.3. The molecule has 4 N–H and O–H groups in total. The number of carboxylic acids is 1. The van der Waals surface area contributed by atoms with Gasteiger partial charge in [0.25, 0.3) is 5.92 Å². The first-order chi connectivity index (χ1) is 32.4. The number of alkyl halides is 8. The van der Waals surface area contributed by atoms with Crippen molar-refractivity contribution in [2.24, 2.45) is 10.7 Å². The summed E-state index contributed by atoms with van der Waals surface area (Å²) in [6.07, 6.45) is -12.4. The Labute approximate surface area is 402 Å². The number of ether oxygens (including phenoxy) is 1. The third kappa shape index (κ3) is 13.8. The second-order valence-corrected chi connectivity index (χ2v) is 18.8. The van der Waals surface area contributed by atoms with Gasteiger partial charge in [0, 0.05) is 52.5 Å². The van der Waals surface area contributed by atoms with Gasteiger partial charge in [0.2, 0.25) is 5.91 Å². The fourth-order valence-electron chi connectivity index (χ4n) is 6.68. The van der Waals surface area contributed by atoms with Crippen molar-refractivity contribution in [1.29, 1.82) is 0 Å². The maximum atomic E-state index is 15.0. The number of hydrogen-bond donors (Lipinski definition) is 3. The number of carboxylic acid groups (broad SMARTS) is 1. The first-order valence-corrected chi connectivity index (χ1v) is 23.7. The molecule has 2 aromatic heterocycles. The third-order valence-electron chi connectivity index (χ3n) is 9.87. The molecule has 4 aromatic rings. The van der Waals surface area contributed by atoms with Gasteiger partial charge in [-0.2, -0.15) is 44.5 Å². The number of amides is 2. The molecule has 2 heterocycles. The lowest BCUT2D eigenvalue weighted by Gasteiger charge is -2.23. The number of nitrogens with zero attached hydrogens (tertiary/aromatic N) is 5. The molecule has 2 aromatic carbocycles. The Balaban J connectivity index is 0.00000526. The summed E-state index contributed by atoms with van der Waals surface area (Å²) in [7, 11) is -4.10. The van der Waals surface area contributed by atoms with Gasteiger partial charge < -0.3 is 20.9 Å². The second kappa shape index (κ2) is 22.3. The number of allylic oxidation sites excluding steroid dienone is 2. The number of fused-ring (bicyclic) bond motifs is 1. The number of carbonyl (C=O) groups excluding carboxylic acids is 2. The average Bonchev–Trinajstić information content (AvgIpc) is 3.75. The molecule has 3 atom stereocenters. The van der Waals surface area contributed by atoms with Crippen LogP contribution in [-0.4, -0.2) is 101 Å². The minimum atomic E-state index is -5.25. The highest BCUT2D eigenvalue weighted by molar-refractivity contribution is 7.86. The highest BCUT2D eigenvalue weighted by Crippen LogP contribution is 2.43. The summed E-state index contributed by atoms with van der Waals surface area (Å²) < 4.78 is 172. The molecule has 70 heavy (non-hydrogen) atoms. The van der Waals surface area contributed by atoms with E-state index in [1.807, 2.05) is 13.8 Å². The van der Waals surface area contributed by atoms with E-state index >= 15 is 0 Å². The topological polar surface area (TPSA) is 199 Å². The van der Waals surface area contributed by atoms with Gasteiger partial charge in [-0.05, 0) is 68.5 Å². The predicted molar refractivity (Wildman–Crippen MR) is 241 cm³/mol. The van der Waals surface area contributed by atoms with Crippen LogP contribution in [0.3, 0.4) is 0 Å². The van der Waals surface area contributed by atoms with Crippen molar-refractivity contribution in [3.63, 3.8) is 0 Å². The van der Waals surface area contributed by atoms with E-state index in [1.165, 1.54) is 32.2 Å². The van der Waals surface area contributed by atoms with Crippen LogP contribution in [0.1, 0.15) is 63.5 Å². The Morgan fingerprint density at radius 3 is 2.20 bits per heavy atom. The van der Waals surface area contributed by atoms with Crippen molar-refractivity contribution in [3.05, 3.63) is 87.3 Å². The minimum absolute atomic E-state index is 0.168. The van der Waals surface area contributed by atoms with Gasteiger partial charge in [-0.3, -0.25) is 18.7 Å². The van der Waals surface area contributed by atoms with Gasteiger partial charge >= 0.3 is 24.4 Å². The molecule has 0 spiro atoms. The summed E-state index contributed by atoms with van der Waals surface area (Å²) >= 11 is 6.56. The molecule has 14 nitrogen and oxygen atoms in total. The lowest BCUT2D eigenvalue weighted by atomic mass is 9.93. The zero-order chi connectivity index (χ0) is 52.8. The van der Waals surface area contributed by atoms with Gasteiger partial charge in [0.05, 0.1) is 27.7 Å². The van der Waals surface area contributed by atoms with Crippen molar-refractivity contribution in [2.45, 2.75) is 82.6 Å². The maximum absolute atomic E-state index is 15.0. The molecule has 1 aliphatic rings. The first kappa shape index (κ1) is 56.5. The molecule has 380 valence electrons. The van der Waals surface area contributed by atoms with E-state index < -0.39 is 158 Å². The van der Waals surface area contributed by atoms with Crippen LogP contribution in [-0.2, 0) is 49.1 Å². The number of aromatic nitrogens is 3. The van der Waals surface area contributed by atoms with Crippen LogP contribution in [0.2, 0.25) is 5.02 Å². The Morgan fingerprint density at radius 2 is 1.64 bits per heavy atom. The Bertz CT molecular complexity index is 2840. The molecule has 1 saturated carbocycles. The summed E-state index contributed by atoms with van der Waals surface area (Å²) in [5.41, 5.74) is -1.03. The van der Waals surface area contributed by atoms with E-state index in [2.05, 4.69) is 37.0 Å². The van der Waals surface area contributed by atoms with Gasteiger partial charge in [0.1, 0.15) is 57.6 Å². The molecule has 0 bridgehead atoms. The largest absolute Gasteiger partial charge is 0.479 e. The van der Waals surface area contributed by atoms with Crippen LogP contribution in [0.25, 0.3) is 22.0 Å². The van der Waals surface area contributed by atoms with Gasteiger partial charge in [-0.1, -0.05) is 37.4 Å². The summed E-state index contributed by atoms with van der Waals surface area (Å²) in [6.45, 7) is 2.52. The normalized spacial score (nSPS) is 16.3. The number of nitrogens with one attached hydrogen (secondary N) is 1. The molecule has 0 aliphatic heterocycles. The summed E-state index contributed by atoms with van der Waals surface area (Å²) in [5, 5.41) is 14.5. The lowest BCUT2D eigenvalue weighted by molar-refractivity contribution is -0.142. The molecule has 0 saturated heterocycles. The number of halogens is 11. The number of nitrogens with two attached hydrogens (primary N) is 1. The van der Waals surface area contributed by atoms with E-state index in [0.717, 1.165) is 30.5 Å². The number of pyridine rings is 1. The monoisotopic (exact) mass is 1060 g/mol. The third-order valence-corrected chi connectivity index (χ3v) is 12.6. The number of hydrogen-bond acceptors (Lipinski definition) is 10. The van der Waals surface area contributed by atoms with Crippen molar-refractivity contribution >= 4 is 73.8 Å².